The molecule has 166 valence electrons. The van der Waals surface area contributed by atoms with Crippen LogP contribution in [-0.2, 0) is 25.8 Å². The summed E-state index contributed by atoms with van der Waals surface area (Å²) in [7, 11) is -3.44. The number of anilines is 1. The van der Waals surface area contributed by atoms with Crippen molar-refractivity contribution in [2.24, 2.45) is 0 Å². The second-order valence-corrected chi connectivity index (χ2v) is 10.2. The van der Waals surface area contributed by atoms with Gasteiger partial charge in [-0.3, -0.25) is 9.59 Å². The van der Waals surface area contributed by atoms with Gasteiger partial charge in [0.1, 0.15) is 11.6 Å². The fraction of sp³-hybridized carbons (Fsp3) is 0.391. The van der Waals surface area contributed by atoms with E-state index in [0.29, 0.717) is 24.1 Å². The molecule has 2 aromatic carbocycles. The Labute approximate surface area is 182 Å². The van der Waals surface area contributed by atoms with Crippen LogP contribution in [0.25, 0.3) is 0 Å². The monoisotopic (exact) mass is 446 g/mol. The third kappa shape index (κ3) is 6.37. The van der Waals surface area contributed by atoms with Crippen molar-refractivity contribution in [1.82, 2.24) is 5.32 Å². The summed E-state index contributed by atoms with van der Waals surface area (Å²) in [4.78, 5) is 24.6. The van der Waals surface area contributed by atoms with E-state index in [9.17, 15) is 22.4 Å². The maximum atomic E-state index is 13.7. The Morgan fingerprint density at radius 1 is 1.06 bits per heavy atom. The number of nitrogens with one attached hydrogen (secondary N) is 2. The molecule has 1 unspecified atom stereocenters. The van der Waals surface area contributed by atoms with E-state index < -0.39 is 38.6 Å². The van der Waals surface area contributed by atoms with Crippen molar-refractivity contribution in [2.75, 3.05) is 11.1 Å². The molecule has 1 atom stereocenters. The molecular formula is C23H27FN2O4S. The Bertz CT molecular complexity index is 1050. The Morgan fingerprint density at radius 3 is 2.48 bits per heavy atom. The zero-order valence-corrected chi connectivity index (χ0v) is 18.3. The zero-order chi connectivity index (χ0) is 22.4. The number of rotatable bonds is 8. The third-order valence-corrected chi connectivity index (χ3v) is 7.65. The van der Waals surface area contributed by atoms with Gasteiger partial charge in [-0.05, 0) is 49.1 Å². The van der Waals surface area contributed by atoms with E-state index in [1.54, 1.807) is 49.4 Å². The molecule has 6 nitrogen and oxygen atoms in total. The van der Waals surface area contributed by atoms with Crippen LogP contribution in [0.2, 0.25) is 0 Å². The molecule has 1 saturated carbocycles. The number of carbonyl (C=O) groups is 2. The van der Waals surface area contributed by atoms with E-state index in [1.807, 2.05) is 0 Å². The molecule has 3 rings (SSSR count). The standard InChI is InChI=1S/C23H27FN2O4S/c1-16(25-23(28)15-31(29,30)20-10-3-4-11-20)17-8-6-9-19(13-17)26-22(27)14-18-7-2-5-12-21(18)24/h2,5-9,12-13,16,20H,3-4,10-11,14-15H2,1H3,(H,25,28)(H,26,27). The molecule has 0 bridgehead atoms. The van der Waals surface area contributed by atoms with Crippen LogP contribution in [0.4, 0.5) is 10.1 Å². The van der Waals surface area contributed by atoms with Gasteiger partial charge in [0.05, 0.1) is 17.7 Å². The van der Waals surface area contributed by atoms with E-state index in [1.165, 1.54) is 6.07 Å². The fourth-order valence-electron chi connectivity index (χ4n) is 3.82. The van der Waals surface area contributed by atoms with Crippen molar-refractivity contribution in [1.29, 1.82) is 0 Å². The number of hydrogen-bond donors (Lipinski definition) is 2. The highest BCUT2D eigenvalue weighted by molar-refractivity contribution is 7.92. The Morgan fingerprint density at radius 2 is 1.77 bits per heavy atom. The molecule has 1 fully saturated rings. The average molecular weight is 447 g/mol. The number of sulfone groups is 1. The van der Waals surface area contributed by atoms with E-state index in [4.69, 9.17) is 0 Å². The smallest absolute Gasteiger partial charge is 0.235 e. The molecule has 1 aliphatic rings. The maximum absolute atomic E-state index is 13.7. The van der Waals surface area contributed by atoms with Crippen molar-refractivity contribution in [3.05, 3.63) is 65.5 Å². The number of halogens is 1. The van der Waals surface area contributed by atoms with Gasteiger partial charge < -0.3 is 10.6 Å². The second-order valence-electron chi connectivity index (χ2n) is 7.94. The van der Waals surface area contributed by atoms with Crippen molar-refractivity contribution in [2.45, 2.75) is 50.3 Å². The predicted molar refractivity (Wildman–Crippen MR) is 118 cm³/mol. The van der Waals surface area contributed by atoms with Crippen LogP contribution in [0.5, 0.6) is 0 Å². The lowest BCUT2D eigenvalue weighted by atomic mass is 10.1. The van der Waals surface area contributed by atoms with Crippen molar-refractivity contribution in [3.63, 3.8) is 0 Å². The number of amides is 2. The maximum Gasteiger partial charge on any atom is 0.235 e. The molecule has 2 amide bonds. The van der Waals surface area contributed by atoms with Crippen LogP contribution in [0.1, 0.15) is 49.8 Å². The lowest BCUT2D eigenvalue weighted by Gasteiger charge is -2.17. The SMILES string of the molecule is CC(NC(=O)CS(=O)(=O)C1CCCC1)c1cccc(NC(=O)Cc2ccccc2F)c1. The summed E-state index contributed by atoms with van der Waals surface area (Å²) < 4.78 is 38.5. The van der Waals surface area contributed by atoms with Crippen LogP contribution in [0.15, 0.2) is 48.5 Å². The molecule has 2 aromatic rings. The molecule has 31 heavy (non-hydrogen) atoms. The normalized spacial score (nSPS) is 15.4. The highest BCUT2D eigenvalue weighted by atomic mass is 32.2. The lowest BCUT2D eigenvalue weighted by molar-refractivity contribution is -0.119. The summed E-state index contributed by atoms with van der Waals surface area (Å²) in [6, 6.07) is 12.6. The van der Waals surface area contributed by atoms with Gasteiger partial charge in [0.15, 0.2) is 9.84 Å². The third-order valence-electron chi connectivity index (χ3n) is 5.50. The molecule has 8 heteroatoms. The van der Waals surface area contributed by atoms with Gasteiger partial charge in [-0.15, -0.1) is 0 Å². The summed E-state index contributed by atoms with van der Waals surface area (Å²) in [6.07, 6.45) is 2.93. The molecule has 1 aliphatic carbocycles. The first kappa shape index (κ1) is 22.9. The topological polar surface area (TPSA) is 92.3 Å². The Hall–Kier alpha value is -2.74. The summed E-state index contributed by atoms with van der Waals surface area (Å²) in [5.74, 6) is -1.84. The summed E-state index contributed by atoms with van der Waals surface area (Å²) in [5, 5.41) is 5.04. The summed E-state index contributed by atoms with van der Waals surface area (Å²) in [5.41, 5.74) is 1.54. The highest BCUT2D eigenvalue weighted by Crippen LogP contribution is 2.25. The molecule has 0 spiro atoms. The highest BCUT2D eigenvalue weighted by Gasteiger charge is 2.31. The first-order valence-electron chi connectivity index (χ1n) is 10.4. The van der Waals surface area contributed by atoms with Crippen LogP contribution in [-0.4, -0.2) is 31.2 Å². The van der Waals surface area contributed by atoms with Crippen molar-refractivity contribution in [3.8, 4) is 0 Å². The lowest BCUT2D eigenvalue weighted by Crippen LogP contribution is -2.35. The summed E-state index contributed by atoms with van der Waals surface area (Å²) in [6.45, 7) is 1.75. The quantitative estimate of drug-likeness (QED) is 0.649. The average Bonchev–Trinajstić information content (AvgIpc) is 3.25. The van der Waals surface area contributed by atoms with Crippen LogP contribution in [0.3, 0.4) is 0 Å². The van der Waals surface area contributed by atoms with Gasteiger partial charge >= 0.3 is 0 Å². The van der Waals surface area contributed by atoms with Crippen molar-refractivity contribution >= 4 is 27.3 Å². The van der Waals surface area contributed by atoms with Gasteiger partial charge in [0.2, 0.25) is 11.8 Å². The minimum Gasteiger partial charge on any atom is -0.349 e. The zero-order valence-electron chi connectivity index (χ0n) is 17.4. The van der Waals surface area contributed by atoms with Gasteiger partial charge in [-0.25, -0.2) is 12.8 Å². The van der Waals surface area contributed by atoms with E-state index in [0.717, 1.165) is 18.4 Å². The van der Waals surface area contributed by atoms with E-state index in [2.05, 4.69) is 10.6 Å². The first-order chi connectivity index (χ1) is 14.7. The second kappa shape index (κ2) is 10.0. The molecule has 0 radical (unpaired) electrons. The molecule has 2 N–H and O–H groups in total. The van der Waals surface area contributed by atoms with Crippen LogP contribution in [0, 0.1) is 5.82 Å². The van der Waals surface area contributed by atoms with Gasteiger partial charge in [0, 0.05) is 5.69 Å². The number of benzene rings is 2. The minimum absolute atomic E-state index is 0.0950. The van der Waals surface area contributed by atoms with Crippen LogP contribution < -0.4 is 10.6 Å². The number of carbonyl (C=O) groups excluding carboxylic acids is 2. The van der Waals surface area contributed by atoms with E-state index in [-0.39, 0.29) is 12.3 Å². The number of hydrogen-bond acceptors (Lipinski definition) is 4. The first-order valence-corrected chi connectivity index (χ1v) is 12.1. The molecule has 0 heterocycles. The van der Waals surface area contributed by atoms with Gasteiger partial charge in [-0.1, -0.05) is 43.2 Å². The fourth-order valence-corrected chi connectivity index (χ4v) is 5.56. The van der Waals surface area contributed by atoms with Crippen molar-refractivity contribution < 1.29 is 22.4 Å². The molecule has 0 aromatic heterocycles. The largest absolute Gasteiger partial charge is 0.349 e. The molecular weight excluding hydrogens is 419 g/mol. The van der Waals surface area contributed by atoms with Gasteiger partial charge in [0.25, 0.3) is 0 Å². The Kier molecular flexibility index (Phi) is 7.43. The van der Waals surface area contributed by atoms with Crippen LogP contribution >= 0.6 is 0 Å². The molecule has 0 saturated heterocycles. The minimum atomic E-state index is -3.44. The Balaban J connectivity index is 1.58. The van der Waals surface area contributed by atoms with Gasteiger partial charge in [-0.2, -0.15) is 0 Å². The predicted octanol–water partition coefficient (Wildman–Crippen LogP) is 3.54. The summed E-state index contributed by atoms with van der Waals surface area (Å²) >= 11 is 0. The van der Waals surface area contributed by atoms with E-state index >= 15 is 0 Å². The molecule has 0 aliphatic heterocycles.